The zero-order valence-corrected chi connectivity index (χ0v) is 16.3. The normalized spacial score (nSPS) is 18.9. The largest absolute Gasteiger partial charge is 0.347 e. The summed E-state index contributed by atoms with van der Waals surface area (Å²) < 4.78 is 13.1. The molecule has 1 fully saturated rings. The van der Waals surface area contributed by atoms with Crippen molar-refractivity contribution in [3.8, 4) is 10.6 Å². The molecule has 0 bridgehead atoms. The number of nitrogens with zero attached hydrogens (tertiary/aromatic N) is 1. The molecule has 28 heavy (non-hydrogen) atoms. The molecule has 0 saturated carbocycles. The number of likely N-dealkylation sites (tertiary alicyclic amines) is 1. The number of carbonyl (C=O) groups is 1. The van der Waals surface area contributed by atoms with Crippen LogP contribution in [0.4, 0.5) is 4.39 Å². The highest BCUT2D eigenvalue weighted by atomic mass is 32.1. The molecule has 1 amide bonds. The number of halogens is 1. The molecule has 144 valence electrons. The lowest BCUT2D eigenvalue weighted by atomic mass is 10.2. The van der Waals surface area contributed by atoms with Crippen LogP contribution in [0.5, 0.6) is 0 Å². The first kappa shape index (κ1) is 18.8. The molecule has 4 rings (SSSR count). The summed E-state index contributed by atoms with van der Waals surface area (Å²) in [6.45, 7) is 3.03. The van der Waals surface area contributed by atoms with Gasteiger partial charge < -0.3 is 10.2 Å². The van der Waals surface area contributed by atoms with E-state index >= 15 is 0 Å². The molecule has 2 aromatic carbocycles. The molecule has 1 aliphatic heterocycles. The molecule has 2 N–H and O–H groups in total. The van der Waals surface area contributed by atoms with Crippen LogP contribution in [-0.2, 0) is 17.8 Å². The van der Waals surface area contributed by atoms with Crippen molar-refractivity contribution in [3.05, 3.63) is 77.1 Å². The van der Waals surface area contributed by atoms with E-state index in [1.54, 1.807) is 12.1 Å². The summed E-state index contributed by atoms with van der Waals surface area (Å²) in [6, 6.07) is 17.0. The maximum absolute atomic E-state index is 13.1. The Hall–Kier alpha value is -2.57. The Morgan fingerprint density at radius 2 is 1.96 bits per heavy atom. The third kappa shape index (κ3) is 4.82. The van der Waals surface area contributed by atoms with Crippen molar-refractivity contribution in [2.75, 3.05) is 13.1 Å². The quantitative estimate of drug-likeness (QED) is 0.672. The molecule has 1 unspecified atom stereocenters. The van der Waals surface area contributed by atoms with Crippen LogP contribution in [-0.4, -0.2) is 30.0 Å². The van der Waals surface area contributed by atoms with Gasteiger partial charge in [-0.1, -0.05) is 30.3 Å². The van der Waals surface area contributed by atoms with Crippen LogP contribution in [0.15, 0.2) is 60.0 Å². The number of amides is 1. The van der Waals surface area contributed by atoms with E-state index in [0.29, 0.717) is 0 Å². The first-order chi connectivity index (χ1) is 13.7. The molecule has 1 aromatic heterocycles. The Morgan fingerprint density at radius 1 is 1.18 bits per heavy atom. The van der Waals surface area contributed by atoms with Gasteiger partial charge >= 0.3 is 0 Å². The van der Waals surface area contributed by atoms with Crippen LogP contribution in [0.3, 0.4) is 0 Å². The summed E-state index contributed by atoms with van der Waals surface area (Å²) in [4.78, 5) is 18.4. The molecular formula is C22H23FN3OS+. The predicted molar refractivity (Wildman–Crippen MR) is 109 cm³/mol. The van der Waals surface area contributed by atoms with Gasteiger partial charge in [-0.3, -0.25) is 4.79 Å². The lowest BCUT2D eigenvalue weighted by Crippen LogP contribution is -3.09. The fraction of sp³-hybridized carbons (Fsp3) is 0.273. The minimum absolute atomic E-state index is 0.0157. The first-order valence-electron chi connectivity index (χ1n) is 9.53. The average molecular weight is 397 g/mol. The molecule has 1 saturated heterocycles. The van der Waals surface area contributed by atoms with E-state index in [-0.39, 0.29) is 24.2 Å². The zero-order valence-electron chi connectivity index (χ0n) is 15.5. The van der Waals surface area contributed by atoms with Gasteiger partial charge in [0.25, 0.3) is 0 Å². The van der Waals surface area contributed by atoms with Gasteiger partial charge in [0, 0.05) is 22.9 Å². The van der Waals surface area contributed by atoms with E-state index in [9.17, 15) is 9.18 Å². The molecule has 1 aliphatic rings. The second-order valence-electron chi connectivity index (χ2n) is 7.25. The van der Waals surface area contributed by atoms with E-state index in [1.165, 1.54) is 33.9 Å². The lowest BCUT2D eigenvalue weighted by molar-refractivity contribution is -0.901. The molecule has 2 atom stereocenters. The predicted octanol–water partition coefficient (Wildman–Crippen LogP) is 2.47. The van der Waals surface area contributed by atoms with Crippen molar-refractivity contribution >= 4 is 17.2 Å². The third-order valence-electron chi connectivity index (χ3n) is 5.03. The number of benzene rings is 2. The number of hydrogen-bond donors (Lipinski definition) is 2. The Balaban J connectivity index is 1.27. The van der Waals surface area contributed by atoms with E-state index in [0.717, 1.165) is 42.3 Å². The molecule has 6 heteroatoms. The molecule has 3 aromatic rings. The number of thiazole rings is 1. The Morgan fingerprint density at radius 3 is 2.75 bits per heavy atom. The van der Waals surface area contributed by atoms with Gasteiger partial charge in [0.2, 0.25) is 5.91 Å². The van der Waals surface area contributed by atoms with E-state index in [1.807, 2.05) is 11.4 Å². The fourth-order valence-corrected chi connectivity index (χ4v) is 4.48. The average Bonchev–Trinajstić information content (AvgIpc) is 3.33. The van der Waals surface area contributed by atoms with Crippen LogP contribution in [0, 0.1) is 5.82 Å². The summed E-state index contributed by atoms with van der Waals surface area (Å²) in [5.74, 6) is -0.248. The van der Waals surface area contributed by atoms with Gasteiger partial charge in [-0.05, 0) is 24.3 Å². The summed E-state index contributed by atoms with van der Waals surface area (Å²) in [5, 5.41) is 5.87. The highest BCUT2D eigenvalue weighted by molar-refractivity contribution is 7.13. The maximum atomic E-state index is 13.1. The minimum Gasteiger partial charge on any atom is -0.347 e. The van der Waals surface area contributed by atoms with Crippen molar-refractivity contribution in [1.82, 2.24) is 10.3 Å². The van der Waals surface area contributed by atoms with Crippen LogP contribution in [0.2, 0.25) is 0 Å². The third-order valence-corrected chi connectivity index (χ3v) is 5.97. The van der Waals surface area contributed by atoms with Crippen LogP contribution in [0.25, 0.3) is 10.6 Å². The van der Waals surface area contributed by atoms with Crippen molar-refractivity contribution < 1.29 is 14.1 Å². The summed E-state index contributed by atoms with van der Waals surface area (Å²) in [5.41, 5.74) is 2.96. The van der Waals surface area contributed by atoms with E-state index < -0.39 is 0 Å². The van der Waals surface area contributed by atoms with Crippen molar-refractivity contribution in [2.24, 2.45) is 0 Å². The Labute approximate surface area is 168 Å². The molecule has 4 nitrogen and oxygen atoms in total. The van der Waals surface area contributed by atoms with Crippen molar-refractivity contribution in [3.63, 3.8) is 0 Å². The summed E-state index contributed by atoms with van der Waals surface area (Å²) in [6.07, 6.45) is 1.29. The molecule has 0 radical (unpaired) electrons. The SMILES string of the molecule is O=C(Cc1csc(-c2ccc(F)cc2)n1)N[C@H]1CC[NH+](Cc2ccccc2)C1. The molecule has 2 heterocycles. The number of hydrogen-bond acceptors (Lipinski definition) is 3. The minimum atomic E-state index is -0.264. The van der Waals surface area contributed by atoms with Crippen LogP contribution >= 0.6 is 11.3 Å². The number of carbonyl (C=O) groups excluding carboxylic acids is 1. The van der Waals surface area contributed by atoms with Crippen LogP contribution in [0.1, 0.15) is 17.7 Å². The number of rotatable bonds is 6. The Kier molecular flexibility index (Phi) is 5.78. The van der Waals surface area contributed by atoms with Gasteiger partial charge in [-0.2, -0.15) is 0 Å². The van der Waals surface area contributed by atoms with Crippen molar-refractivity contribution in [1.29, 1.82) is 0 Å². The highest BCUT2D eigenvalue weighted by Crippen LogP contribution is 2.24. The monoisotopic (exact) mass is 396 g/mol. The van der Waals surface area contributed by atoms with Crippen molar-refractivity contribution in [2.45, 2.75) is 25.4 Å². The second kappa shape index (κ2) is 8.63. The maximum Gasteiger partial charge on any atom is 0.226 e. The van der Waals surface area contributed by atoms with Gasteiger partial charge in [-0.15, -0.1) is 11.3 Å². The second-order valence-corrected chi connectivity index (χ2v) is 8.11. The number of quaternary nitrogens is 1. The number of nitrogens with one attached hydrogen (secondary N) is 2. The molecule has 0 aliphatic carbocycles. The fourth-order valence-electron chi connectivity index (χ4n) is 3.66. The summed E-state index contributed by atoms with van der Waals surface area (Å²) in [7, 11) is 0. The zero-order chi connectivity index (χ0) is 19.3. The summed E-state index contributed by atoms with van der Waals surface area (Å²) >= 11 is 1.48. The van der Waals surface area contributed by atoms with Gasteiger partial charge in [0.05, 0.1) is 31.2 Å². The van der Waals surface area contributed by atoms with Gasteiger partial charge in [0.1, 0.15) is 17.4 Å². The standard InChI is InChI=1S/C22H22FN3OS/c23-18-8-6-17(7-9-18)22-25-20(15-28-22)12-21(27)24-19-10-11-26(14-19)13-16-4-2-1-3-5-16/h1-9,15,19H,10-14H2,(H,24,27)/p+1/t19-/m0/s1. The molecular weight excluding hydrogens is 373 g/mol. The first-order valence-corrected chi connectivity index (χ1v) is 10.4. The van der Waals surface area contributed by atoms with E-state index in [4.69, 9.17) is 0 Å². The topological polar surface area (TPSA) is 46.4 Å². The van der Waals surface area contributed by atoms with E-state index in [2.05, 4.69) is 34.6 Å². The van der Waals surface area contributed by atoms with Crippen LogP contribution < -0.4 is 10.2 Å². The smallest absolute Gasteiger partial charge is 0.226 e. The number of aromatic nitrogens is 1. The molecule has 0 spiro atoms. The highest BCUT2D eigenvalue weighted by Gasteiger charge is 2.27. The Bertz CT molecular complexity index is 926. The lowest BCUT2D eigenvalue weighted by Gasteiger charge is -2.14. The van der Waals surface area contributed by atoms with Gasteiger partial charge in [0.15, 0.2) is 0 Å². The van der Waals surface area contributed by atoms with Gasteiger partial charge in [-0.25, -0.2) is 9.37 Å².